The molecule has 0 fully saturated rings. The van der Waals surface area contributed by atoms with Crippen molar-refractivity contribution < 1.29 is 10.2 Å². The van der Waals surface area contributed by atoms with Crippen LogP contribution in [-0.2, 0) is 6.54 Å². The monoisotopic (exact) mass is 277 g/mol. The number of halogens is 2. The lowest BCUT2D eigenvalue weighted by molar-refractivity contribution is 0.209. The summed E-state index contributed by atoms with van der Waals surface area (Å²) in [6, 6.07) is 3.13. The molecule has 5 heteroatoms. The number of benzene rings is 1. The molecule has 0 amide bonds. The number of aromatic hydroxyl groups is 1. The molecule has 0 saturated heterocycles. The first-order valence-electron chi connectivity index (χ1n) is 5.46. The van der Waals surface area contributed by atoms with E-state index in [4.69, 9.17) is 23.2 Å². The molecule has 1 aromatic rings. The number of phenols is 1. The van der Waals surface area contributed by atoms with Crippen LogP contribution >= 0.6 is 23.2 Å². The van der Waals surface area contributed by atoms with Crippen LogP contribution in [0.5, 0.6) is 5.75 Å². The molecule has 1 unspecified atom stereocenters. The quantitative estimate of drug-likeness (QED) is 0.776. The number of rotatable bonds is 5. The van der Waals surface area contributed by atoms with Gasteiger partial charge in [-0.3, -0.25) is 0 Å². The van der Waals surface area contributed by atoms with Crippen molar-refractivity contribution >= 4 is 23.2 Å². The van der Waals surface area contributed by atoms with Crippen LogP contribution in [-0.4, -0.2) is 22.9 Å². The van der Waals surface area contributed by atoms with Gasteiger partial charge in [0.2, 0.25) is 0 Å². The van der Waals surface area contributed by atoms with E-state index < -0.39 is 0 Å². The van der Waals surface area contributed by atoms with Gasteiger partial charge in [0.1, 0.15) is 5.75 Å². The van der Waals surface area contributed by atoms with Gasteiger partial charge in [-0.15, -0.1) is 0 Å². The van der Waals surface area contributed by atoms with Crippen LogP contribution in [0.25, 0.3) is 0 Å². The zero-order valence-electron chi connectivity index (χ0n) is 9.87. The smallest absolute Gasteiger partial charge is 0.138 e. The minimum atomic E-state index is -0.0212. The van der Waals surface area contributed by atoms with Gasteiger partial charge in [0, 0.05) is 23.2 Å². The van der Waals surface area contributed by atoms with Gasteiger partial charge in [-0.2, -0.15) is 0 Å². The Morgan fingerprint density at radius 2 is 1.94 bits per heavy atom. The maximum atomic E-state index is 9.75. The molecule has 0 saturated carbocycles. The number of nitrogens with one attached hydrogen (secondary N) is 1. The third-order valence-corrected chi connectivity index (χ3v) is 3.17. The summed E-state index contributed by atoms with van der Waals surface area (Å²) in [5, 5.41) is 22.8. The maximum absolute atomic E-state index is 9.75. The number of aliphatic hydroxyl groups excluding tert-OH is 1. The van der Waals surface area contributed by atoms with Gasteiger partial charge in [-0.05, 0) is 18.1 Å². The zero-order chi connectivity index (χ0) is 13.0. The summed E-state index contributed by atoms with van der Waals surface area (Å²) in [7, 11) is 0. The van der Waals surface area contributed by atoms with E-state index in [-0.39, 0.29) is 23.4 Å². The Morgan fingerprint density at radius 1 is 1.29 bits per heavy atom. The van der Waals surface area contributed by atoms with Gasteiger partial charge in [-0.1, -0.05) is 37.0 Å². The summed E-state index contributed by atoms with van der Waals surface area (Å²) in [6.45, 7) is 4.49. The molecule has 0 aliphatic heterocycles. The van der Waals surface area contributed by atoms with Crippen LogP contribution in [0.2, 0.25) is 10.0 Å². The van der Waals surface area contributed by atoms with Crippen molar-refractivity contribution in [1.29, 1.82) is 0 Å². The van der Waals surface area contributed by atoms with Crippen molar-refractivity contribution in [3.05, 3.63) is 27.7 Å². The third-order valence-electron chi connectivity index (χ3n) is 2.66. The predicted octanol–water partition coefficient (Wildman–Crippen LogP) is 2.81. The van der Waals surface area contributed by atoms with Crippen LogP contribution in [0.15, 0.2) is 12.1 Å². The number of hydrogen-bond acceptors (Lipinski definition) is 3. The molecule has 0 spiro atoms. The highest BCUT2D eigenvalue weighted by Crippen LogP contribution is 2.31. The average molecular weight is 278 g/mol. The zero-order valence-corrected chi connectivity index (χ0v) is 11.4. The van der Waals surface area contributed by atoms with Crippen LogP contribution in [0.1, 0.15) is 19.4 Å². The number of hydrogen-bond donors (Lipinski definition) is 3. The summed E-state index contributed by atoms with van der Waals surface area (Å²) >= 11 is 11.7. The molecule has 1 aromatic carbocycles. The highest BCUT2D eigenvalue weighted by atomic mass is 35.5. The molecule has 0 aliphatic rings. The van der Waals surface area contributed by atoms with Crippen LogP contribution in [0.4, 0.5) is 0 Å². The molecule has 1 rings (SSSR count). The minimum Gasteiger partial charge on any atom is -0.506 e. The summed E-state index contributed by atoms with van der Waals surface area (Å²) in [5.74, 6) is 0.334. The largest absolute Gasteiger partial charge is 0.506 e. The Bertz CT molecular complexity index is 383. The van der Waals surface area contributed by atoms with Crippen molar-refractivity contribution in [3.8, 4) is 5.75 Å². The van der Waals surface area contributed by atoms with Crippen molar-refractivity contribution in [2.75, 3.05) is 6.61 Å². The lowest BCUT2D eigenvalue weighted by Gasteiger charge is -2.20. The first-order valence-corrected chi connectivity index (χ1v) is 6.22. The van der Waals surface area contributed by atoms with Crippen LogP contribution < -0.4 is 5.32 Å². The van der Waals surface area contributed by atoms with Gasteiger partial charge in [0.05, 0.1) is 11.6 Å². The van der Waals surface area contributed by atoms with Crippen molar-refractivity contribution in [3.63, 3.8) is 0 Å². The Labute approximate surface area is 111 Å². The van der Waals surface area contributed by atoms with Crippen molar-refractivity contribution in [2.45, 2.75) is 26.4 Å². The minimum absolute atomic E-state index is 0.0212. The molecule has 0 bridgehead atoms. The fraction of sp³-hybridized carbons (Fsp3) is 0.500. The van der Waals surface area contributed by atoms with E-state index in [0.717, 1.165) is 0 Å². The van der Waals surface area contributed by atoms with E-state index in [1.54, 1.807) is 6.07 Å². The van der Waals surface area contributed by atoms with E-state index >= 15 is 0 Å². The Balaban J connectivity index is 2.75. The van der Waals surface area contributed by atoms with Crippen LogP contribution in [0.3, 0.4) is 0 Å². The molecule has 0 aliphatic carbocycles. The van der Waals surface area contributed by atoms with Crippen molar-refractivity contribution in [2.24, 2.45) is 5.92 Å². The summed E-state index contributed by atoms with van der Waals surface area (Å²) < 4.78 is 0. The molecule has 0 heterocycles. The predicted molar refractivity (Wildman–Crippen MR) is 70.7 cm³/mol. The summed E-state index contributed by atoms with van der Waals surface area (Å²) in [6.07, 6.45) is 0. The molecule has 1 atom stereocenters. The first kappa shape index (κ1) is 14.6. The Hall–Kier alpha value is -0.480. The second-order valence-electron chi connectivity index (χ2n) is 4.31. The molecule has 17 heavy (non-hydrogen) atoms. The fourth-order valence-corrected chi connectivity index (χ4v) is 2.04. The number of aliphatic hydroxyl groups is 1. The van der Waals surface area contributed by atoms with E-state index in [2.05, 4.69) is 5.32 Å². The van der Waals surface area contributed by atoms with E-state index in [1.807, 2.05) is 13.8 Å². The fourth-order valence-electron chi connectivity index (χ4n) is 1.51. The van der Waals surface area contributed by atoms with Gasteiger partial charge >= 0.3 is 0 Å². The third kappa shape index (κ3) is 4.03. The summed E-state index contributed by atoms with van der Waals surface area (Å²) in [4.78, 5) is 0. The standard InChI is InChI=1S/C12H17Cl2NO2/c1-7(2)11(6-16)15-5-8-3-9(13)4-10(14)12(8)17/h3-4,7,11,15-17H,5-6H2,1-2H3. The van der Waals surface area contributed by atoms with Gasteiger partial charge in [0.15, 0.2) is 0 Å². The van der Waals surface area contributed by atoms with Gasteiger partial charge in [0.25, 0.3) is 0 Å². The van der Waals surface area contributed by atoms with Gasteiger partial charge in [-0.25, -0.2) is 0 Å². The normalized spacial score (nSPS) is 13.1. The average Bonchev–Trinajstić information content (AvgIpc) is 2.25. The molecule has 3 N–H and O–H groups in total. The molecule has 96 valence electrons. The summed E-state index contributed by atoms with van der Waals surface area (Å²) in [5.41, 5.74) is 0.626. The lowest BCUT2D eigenvalue weighted by atomic mass is 10.0. The van der Waals surface area contributed by atoms with Crippen molar-refractivity contribution in [1.82, 2.24) is 5.32 Å². The number of phenolic OH excluding ortho intramolecular Hbond substituents is 1. The molecule has 0 radical (unpaired) electrons. The lowest BCUT2D eigenvalue weighted by Crippen LogP contribution is -2.36. The maximum Gasteiger partial charge on any atom is 0.138 e. The molecular formula is C12H17Cl2NO2. The molecular weight excluding hydrogens is 261 g/mol. The Kier molecular flexibility index (Phi) is 5.53. The van der Waals surface area contributed by atoms with E-state index in [1.165, 1.54) is 6.07 Å². The topological polar surface area (TPSA) is 52.5 Å². The molecule has 3 nitrogen and oxygen atoms in total. The Morgan fingerprint density at radius 3 is 2.47 bits per heavy atom. The van der Waals surface area contributed by atoms with E-state index in [9.17, 15) is 10.2 Å². The van der Waals surface area contributed by atoms with E-state index in [0.29, 0.717) is 23.0 Å². The second-order valence-corrected chi connectivity index (χ2v) is 5.15. The first-order chi connectivity index (χ1) is 7.95. The highest BCUT2D eigenvalue weighted by molar-refractivity contribution is 6.35. The van der Waals surface area contributed by atoms with Crippen LogP contribution in [0, 0.1) is 5.92 Å². The second kappa shape index (κ2) is 6.45. The molecule has 0 aromatic heterocycles. The highest BCUT2D eigenvalue weighted by Gasteiger charge is 2.13. The SMILES string of the molecule is CC(C)C(CO)NCc1cc(Cl)cc(Cl)c1O. The van der Waals surface area contributed by atoms with Gasteiger partial charge < -0.3 is 15.5 Å².